The van der Waals surface area contributed by atoms with Gasteiger partial charge in [0.25, 0.3) is 0 Å². The highest BCUT2D eigenvalue weighted by molar-refractivity contribution is 5.53. The average molecular weight is 388 g/mol. The minimum atomic E-state index is -0.190. The third-order valence-electron chi connectivity index (χ3n) is 5.63. The molecule has 0 aromatic heterocycles. The maximum Gasteiger partial charge on any atom is 0.200 e. The molecule has 4 atom stereocenters. The Morgan fingerprint density at radius 2 is 1.29 bits per heavy atom. The maximum atomic E-state index is 10.2. The van der Waals surface area contributed by atoms with Gasteiger partial charge in [-0.25, -0.2) is 0 Å². The van der Waals surface area contributed by atoms with E-state index in [2.05, 4.69) is 0 Å². The number of phenolic OH excluding ortho intramolecular Hbond substituents is 2. The van der Waals surface area contributed by atoms with Crippen LogP contribution in [0.1, 0.15) is 23.3 Å². The van der Waals surface area contributed by atoms with Gasteiger partial charge in [0, 0.05) is 11.8 Å². The minimum absolute atomic E-state index is 0.0300. The summed E-state index contributed by atoms with van der Waals surface area (Å²) in [7, 11) is 4.52. The molecule has 2 fully saturated rings. The molecule has 2 aliphatic heterocycles. The predicted molar refractivity (Wildman–Crippen MR) is 100 cm³/mol. The van der Waals surface area contributed by atoms with Gasteiger partial charge in [0.15, 0.2) is 23.0 Å². The second kappa shape index (κ2) is 7.41. The molecular formula is C21H24O7. The van der Waals surface area contributed by atoms with Crippen LogP contribution in [0.4, 0.5) is 0 Å². The zero-order valence-corrected chi connectivity index (χ0v) is 16.0. The van der Waals surface area contributed by atoms with Gasteiger partial charge in [-0.15, -0.1) is 0 Å². The van der Waals surface area contributed by atoms with Gasteiger partial charge in [-0.2, -0.15) is 0 Å². The fraction of sp³-hybridized carbons (Fsp3) is 0.429. The molecule has 2 heterocycles. The Hall–Kier alpha value is -2.64. The number of methoxy groups -OCH3 is 3. The summed E-state index contributed by atoms with van der Waals surface area (Å²) in [6.45, 7) is 1.08. The van der Waals surface area contributed by atoms with Crippen molar-refractivity contribution in [1.29, 1.82) is 0 Å². The highest BCUT2D eigenvalue weighted by Gasteiger charge is 2.48. The van der Waals surface area contributed by atoms with Crippen molar-refractivity contribution in [2.45, 2.75) is 12.2 Å². The molecule has 28 heavy (non-hydrogen) atoms. The molecule has 7 heteroatoms. The van der Waals surface area contributed by atoms with Crippen molar-refractivity contribution in [3.8, 4) is 28.7 Å². The molecule has 2 saturated heterocycles. The SMILES string of the molecule is COc1ccc([C@H]2OC[C@H]3[C@@H]2CO[C@@H]3c2cc(OC)c(O)c(OC)c2)cc1O. The van der Waals surface area contributed by atoms with Crippen molar-refractivity contribution in [1.82, 2.24) is 0 Å². The van der Waals surface area contributed by atoms with Gasteiger partial charge in [0.1, 0.15) is 0 Å². The summed E-state index contributed by atoms with van der Waals surface area (Å²) in [5.41, 5.74) is 1.77. The van der Waals surface area contributed by atoms with Crippen molar-refractivity contribution in [3.63, 3.8) is 0 Å². The third kappa shape index (κ3) is 3.00. The molecule has 0 radical (unpaired) electrons. The molecule has 0 aliphatic carbocycles. The monoisotopic (exact) mass is 388 g/mol. The van der Waals surface area contributed by atoms with E-state index in [4.69, 9.17) is 23.7 Å². The Labute approximate surface area is 163 Å². The van der Waals surface area contributed by atoms with Crippen LogP contribution < -0.4 is 14.2 Å². The normalized spacial score (nSPS) is 26.1. The van der Waals surface area contributed by atoms with Gasteiger partial charge in [0.05, 0.1) is 46.8 Å². The van der Waals surface area contributed by atoms with Crippen molar-refractivity contribution in [2.75, 3.05) is 34.5 Å². The Balaban J connectivity index is 1.60. The minimum Gasteiger partial charge on any atom is -0.504 e. The predicted octanol–water partition coefficient (Wildman–Crippen LogP) is 3.20. The maximum absolute atomic E-state index is 10.2. The second-order valence-corrected chi connectivity index (χ2v) is 7.04. The van der Waals surface area contributed by atoms with Crippen LogP contribution in [0.15, 0.2) is 30.3 Å². The topological polar surface area (TPSA) is 86.6 Å². The van der Waals surface area contributed by atoms with E-state index in [0.29, 0.717) is 30.5 Å². The first-order valence-corrected chi connectivity index (χ1v) is 9.12. The fourth-order valence-electron chi connectivity index (χ4n) is 4.20. The van der Waals surface area contributed by atoms with Crippen molar-refractivity contribution in [3.05, 3.63) is 41.5 Å². The van der Waals surface area contributed by atoms with Gasteiger partial charge in [-0.1, -0.05) is 6.07 Å². The molecule has 0 amide bonds. The first-order valence-electron chi connectivity index (χ1n) is 9.12. The molecule has 2 N–H and O–H groups in total. The van der Waals surface area contributed by atoms with E-state index in [9.17, 15) is 10.2 Å². The molecule has 2 aromatic rings. The highest BCUT2D eigenvalue weighted by atomic mass is 16.5. The number of rotatable bonds is 5. The summed E-state index contributed by atoms with van der Waals surface area (Å²) in [6, 6.07) is 8.89. The molecule has 2 aromatic carbocycles. The smallest absolute Gasteiger partial charge is 0.200 e. The highest BCUT2D eigenvalue weighted by Crippen LogP contribution is 2.52. The lowest BCUT2D eigenvalue weighted by molar-refractivity contribution is 0.0191. The van der Waals surface area contributed by atoms with E-state index in [1.807, 2.05) is 6.07 Å². The molecule has 0 unspecified atom stereocenters. The van der Waals surface area contributed by atoms with Gasteiger partial charge < -0.3 is 33.9 Å². The first-order chi connectivity index (χ1) is 13.6. The lowest BCUT2D eigenvalue weighted by Crippen LogP contribution is -2.14. The van der Waals surface area contributed by atoms with E-state index in [-0.39, 0.29) is 35.5 Å². The summed E-state index contributed by atoms with van der Waals surface area (Å²) < 4.78 is 27.8. The number of aromatic hydroxyl groups is 2. The number of hydrogen-bond acceptors (Lipinski definition) is 7. The van der Waals surface area contributed by atoms with Crippen LogP contribution in [0.5, 0.6) is 28.7 Å². The van der Waals surface area contributed by atoms with Crippen LogP contribution in [0.3, 0.4) is 0 Å². The van der Waals surface area contributed by atoms with Gasteiger partial charge in [0.2, 0.25) is 5.75 Å². The van der Waals surface area contributed by atoms with Crippen LogP contribution in [0, 0.1) is 11.8 Å². The number of fused-ring (bicyclic) bond motifs is 1. The number of phenols is 2. The summed E-state index contributed by atoms with van der Waals surface area (Å²) in [6.07, 6.45) is -0.349. The van der Waals surface area contributed by atoms with Gasteiger partial charge >= 0.3 is 0 Å². The zero-order valence-electron chi connectivity index (χ0n) is 16.0. The Kier molecular flexibility index (Phi) is 4.95. The third-order valence-corrected chi connectivity index (χ3v) is 5.63. The lowest BCUT2D eigenvalue weighted by Gasteiger charge is -2.19. The van der Waals surface area contributed by atoms with E-state index < -0.39 is 0 Å². The Bertz CT molecular complexity index is 841. The second-order valence-electron chi connectivity index (χ2n) is 7.04. The molecule has 2 aliphatic rings. The van der Waals surface area contributed by atoms with Crippen molar-refractivity contribution in [2.24, 2.45) is 11.8 Å². The van der Waals surface area contributed by atoms with Gasteiger partial charge in [-0.05, 0) is 35.4 Å². The quantitative estimate of drug-likeness (QED) is 0.813. The van der Waals surface area contributed by atoms with E-state index in [1.165, 1.54) is 21.3 Å². The van der Waals surface area contributed by atoms with Crippen LogP contribution in [-0.4, -0.2) is 44.8 Å². The molecule has 4 rings (SSSR count). The molecular weight excluding hydrogens is 364 g/mol. The number of benzene rings is 2. The fourth-order valence-corrected chi connectivity index (χ4v) is 4.20. The van der Waals surface area contributed by atoms with E-state index in [1.54, 1.807) is 24.3 Å². The van der Waals surface area contributed by atoms with Crippen LogP contribution >= 0.6 is 0 Å². The first kappa shape index (κ1) is 18.7. The van der Waals surface area contributed by atoms with Crippen LogP contribution in [0.25, 0.3) is 0 Å². The van der Waals surface area contributed by atoms with Crippen LogP contribution in [-0.2, 0) is 9.47 Å². The van der Waals surface area contributed by atoms with Crippen molar-refractivity contribution < 1.29 is 33.9 Å². The largest absolute Gasteiger partial charge is 0.504 e. The summed E-state index contributed by atoms with van der Waals surface area (Å²) in [4.78, 5) is 0. The van der Waals surface area contributed by atoms with E-state index >= 15 is 0 Å². The molecule has 0 bridgehead atoms. The average Bonchev–Trinajstić information content (AvgIpc) is 3.30. The standard InChI is InChI=1S/C21H24O7/c1-24-16-5-4-11(6-15(16)22)20-13-9-28-21(14(13)10-27-20)12-7-17(25-2)19(23)18(8-12)26-3/h4-8,13-14,20-23H,9-10H2,1-3H3/t13-,14-,20+,21+/m0/s1. The van der Waals surface area contributed by atoms with Crippen LogP contribution in [0.2, 0.25) is 0 Å². The molecule has 0 saturated carbocycles. The summed E-state index contributed by atoms with van der Waals surface area (Å²) >= 11 is 0. The number of hydrogen-bond donors (Lipinski definition) is 2. The Morgan fingerprint density at radius 1 is 0.750 bits per heavy atom. The molecule has 0 spiro atoms. The number of ether oxygens (including phenoxy) is 5. The lowest BCUT2D eigenvalue weighted by atomic mass is 9.85. The zero-order chi connectivity index (χ0) is 19.8. The van der Waals surface area contributed by atoms with Crippen molar-refractivity contribution >= 4 is 0 Å². The molecule has 150 valence electrons. The van der Waals surface area contributed by atoms with E-state index in [0.717, 1.165) is 11.1 Å². The summed E-state index contributed by atoms with van der Waals surface area (Å²) in [5.74, 6) is 1.49. The summed E-state index contributed by atoms with van der Waals surface area (Å²) in [5, 5.41) is 20.3. The van der Waals surface area contributed by atoms with Gasteiger partial charge in [-0.3, -0.25) is 0 Å². The molecule has 7 nitrogen and oxygen atoms in total. The Morgan fingerprint density at radius 3 is 1.79 bits per heavy atom.